The molecule has 2 rings (SSSR count). The van der Waals surface area contributed by atoms with Crippen LogP contribution in [0.1, 0.15) is 19.2 Å². The zero-order valence-corrected chi connectivity index (χ0v) is 8.09. The van der Waals surface area contributed by atoms with Crippen LogP contribution in [0.4, 0.5) is 0 Å². The average molecular weight is 191 g/mol. The van der Waals surface area contributed by atoms with E-state index in [1.54, 1.807) is 12.5 Å². The molecule has 0 saturated heterocycles. The van der Waals surface area contributed by atoms with E-state index in [0.29, 0.717) is 0 Å². The first-order valence-electron chi connectivity index (χ1n) is 4.70. The summed E-state index contributed by atoms with van der Waals surface area (Å²) >= 11 is 0. The van der Waals surface area contributed by atoms with Gasteiger partial charge in [-0.05, 0) is 6.42 Å². The van der Waals surface area contributed by atoms with Crippen molar-refractivity contribution in [2.75, 3.05) is 0 Å². The fraction of sp³-hybridized carbons (Fsp3) is 0.444. The summed E-state index contributed by atoms with van der Waals surface area (Å²) in [7, 11) is 0. The van der Waals surface area contributed by atoms with Gasteiger partial charge in [0, 0.05) is 24.7 Å². The molecular formula is C9H13N5. The summed E-state index contributed by atoms with van der Waals surface area (Å²) < 4.78 is 1.87. The van der Waals surface area contributed by atoms with Crippen LogP contribution in [0.25, 0.3) is 5.65 Å². The SMILES string of the molecule is CCC(N)Cc1nnc2ccncn12. The Morgan fingerprint density at radius 2 is 2.36 bits per heavy atom. The molecule has 0 aliphatic carbocycles. The molecule has 0 aromatic carbocycles. The standard InChI is InChI=1S/C9H13N5/c1-2-7(10)5-9-13-12-8-3-4-11-6-14(8)9/h3-4,6-7H,2,5,10H2,1H3. The maximum atomic E-state index is 5.85. The monoisotopic (exact) mass is 191 g/mol. The Morgan fingerprint density at radius 1 is 1.50 bits per heavy atom. The van der Waals surface area contributed by atoms with Gasteiger partial charge in [-0.1, -0.05) is 6.92 Å². The van der Waals surface area contributed by atoms with Crippen molar-refractivity contribution < 1.29 is 0 Å². The van der Waals surface area contributed by atoms with Gasteiger partial charge in [-0.15, -0.1) is 10.2 Å². The number of rotatable bonds is 3. The van der Waals surface area contributed by atoms with Crippen molar-refractivity contribution in [3.8, 4) is 0 Å². The summed E-state index contributed by atoms with van der Waals surface area (Å²) in [5, 5.41) is 8.10. The van der Waals surface area contributed by atoms with Crippen molar-refractivity contribution in [2.45, 2.75) is 25.8 Å². The van der Waals surface area contributed by atoms with Gasteiger partial charge in [-0.25, -0.2) is 4.98 Å². The zero-order chi connectivity index (χ0) is 9.97. The molecule has 0 fully saturated rings. The quantitative estimate of drug-likeness (QED) is 0.762. The van der Waals surface area contributed by atoms with E-state index < -0.39 is 0 Å². The maximum absolute atomic E-state index is 5.85. The molecule has 14 heavy (non-hydrogen) atoms. The smallest absolute Gasteiger partial charge is 0.163 e. The summed E-state index contributed by atoms with van der Waals surface area (Å²) in [6, 6.07) is 1.97. The Hall–Kier alpha value is -1.49. The van der Waals surface area contributed by atoms with Gasteiger partial charge in [-0.2, -0.15) is 0 Å². The second kappa shape index (κ2) is 3.71. The summed E-state index contributed by atoms with van der Waals surface area (Å²) in [5.74, 6) is 0.877. The molecule has 1 unspecified atom stereocenters. The van der Waals surface area contributed by atoms with Crippen LogP contribution in [0.3, 0.4) is 0 Å². The fourth-order valence-electron chi connectivity index (χ4n) is 1.31. The summed E-state index contributed by atoms with van der Waals surface area (Å²) in [6.07, 6.45) is 5.10. The Morgan fingerprint density at radius 3 is 3.14 bits per heavy atom. The van der Waals surface area contributed by atoms with Crippen LogP contribution in [-0.2, 0) is 6.42 Å². The lowest BCUT2D eigenvalue weighted by molar-refractivity contribution is 0.620. The molecule has 0 radical (unpaired) electrons. The zero-order valence-electron chi connectivity index (χ0n) is 8.09. The van der Waals surface area contributed by atoms with Crippen molar-refractivity contribution >= 4 is 5.65 Å². The first kappa shape index (κ1) is 9.08. The molecule has 74 valence electrons. The van der Waals surface area contributed by atoms with Gasteiger partial charge in [0.1, 0.15) is 12.2 Å². The molecule has 2 aromatic heterocycles. The molecule has 2 N–H and O–H groups in total. The molecule has 5 nitrogen and oxygen atoms in total. The van der Waals surface area contributed by atoms with E-state index in [1.165, 1.54) is 0 Å². The van der Waals surface area contributed by atoms with Crippen molar-refractivity contribution in [1.29, 1.82) is 0 Å². The highest BCUT2D eigenvalue weighted by atomic mass is 15.3. The van der Waals surface area contributed by atoms with E-state index >= 15 is 0 Å². The summed E-state index contributed by atoms with van der Waals surface area (Å²) in [6.45, 7) is 2.06. The van der Waals surface area contributed by atoms with Crippen LogP contribution in [0.2, 0.25) is 0 Å². The molecule has 2 aromatic rings. The number of aromatic nitrogens is 4. The minimum atomic E-state index is 0.141. The minimum absolute atomic E-state index is 0.141. The van der Waals surface area contributed by atoms with E-state index in [0.717, 1.165) is 24.3 Å². The van der Waals surface area contributed by atoms with Gasteiger partial charge < -0.3 is 5.73 Å². The van der Waals surface area contributed by atoms with E-state index in [4.69, 9.17) is 5.73 Å². The lowest BCUT2D eigenvalue weighted by Gasteiger charge is -2.05. The van der Waals surface area contributed by atoms with Crippen molar-refractivity contribution in [2.24, 2.45) is 5.73 Å². The van der Waals surface area contributed by atoms with Crippen molar-refractivity contribution in [1.82, 2.24) is 19.6 Å². The van der Waals surface area contributed by atoms with Crippen LogP contribution in [-0.4, -0.2) is 25.6 Å². The van der Waals surface area contributed by atoms with Crippen LogP contribution >= 0.6 is 0 Å². The first-order valence-corrected chi connectivity index (χ1v) is 4.70. The van der Waals surface area contributed by atoms with Crippen molar-refractivity contribution in [3.63, 3.8) is 0 Å². The van der Waals surface area contributed by atoms with Crippen LogP contribution in [0.5, 0.6) is 0 Å². The lowest BCUT2D eigenvalue weighted by Crippen LogP contribution is -2.22. The van der Waals surface area contributed by atoms with E-state index in [1.807, 2.05) is 10.5 Å². The predicted octanol–water partition coefficient (Wildman–Crippen LogP) is 0.404. The highest BCUT2D eigenvalue weighted by Crippen LogP contribution is 2.04. The van der Waals surface area contributed by atoms with Gasteiger partial charge in [0.15, 0.2) is 5.65 Å². The summed E-state index contributed by atoms with van der Waals surface area (Å²) in [5.41, 5.74) is 6.67. The number of nitrogens with zero attached hydrogens (tertiary/aromatic N) is 4. The lowest BCUT2D eigenvalue weighted by atomic mass is 10.1. The number of fused-ring (bicyclic) bond motifs is 1. The molecule has 0 aliphatic rings. The molecular weight excluding hydrogens is 178 g/mol. The molecule has 0 bridgehead atoms. The highest BCUT2D eigenvalue weighted by Gasteiger charge is 2.08. The van der Waals surface area contributed by atoms with Gasteiger partial charge in [0.25, 0.3) is 0 Å². The van der Waals surface area contributed by atoms with Gasteiger partial charge >= 0.3 is 0 Å². The van der Waals surface area contributed by atoms with Gasteiger partial charge in [0.05, 0.1) is 0 Å². The van der Waals surface area contributed by atoms with Gasteiger partial charge in [0.2, 0.25) is 0 Å². The maximum Gasteiger partial charge on any atom is 0.163 e. The van der Waals surface area contributed by atoms with E-state index in [9.17, 15) is 0 Å². The number of hydrogen-bond acceptors (Lipinski definition) is 4. The predicted molar refractivity (Wildman–Crippen MR) is 52.8 cm³/mol. The van der Waals surface area contributed by atoms with Crippen molar-refractivity contribution in [3.05, 3.63) is 24.4 Å². The number of hydrogen-bond donors (Lipinski definition) is 1. The van der Waals surface area contributed by atoms with E-state index in [-0.39, 0.29) is 6.04 Å². The van der Waals surface area contributed by atoms with Gasteiger partial charge in [-0.3, -0.25) is 4.40 Å². The second-order valence-electron chi connectivity index (χ2n) is 3.30. The topological polar surface area (TPSA) is 69.1 Å². The van der Waals surface area contributed by atoms with Crippen LogP contribution in [0, 0.1) is 0 Å². The Labute approximate surface area is 82.0 Å². The molecule has 0 saturated carbocycles. The molecule has 5 heteroatoms. The second-order valence-corrected chi connectivity index (χ2v) is 3.30. The Bertz CT molecular complexity index is 422. The average Bonchev–Trinajstić information content (AvgIpc) is 2.62. The van der Waals surface area contributed by atoms with Crippen LogP contribution in [0.15, 0.2) is 18.6 Å². The highest BCUT2D eigenvalue weighted by molar-refractivity contribution is 5.35. The largest absolute Gasteiger partial charge is 0.327 e. The third kappa shape index (κ3) is 1.58. The number of nitrogens with two attached hydrogens (primary N) is 1. The third-order valence-electron chi connectivity index (χ3n) is 2.25. The molecule has 2 heterocycles. The van der Waals surface area contributed by atoms with Crippen LogP contribution < -0.4 is 5.73 Å². The first-order chi connectivity index (χ1) is 6.81. The summed E-state index contributed by atoms with van der Waals surface area (Å²) in [4.78, 5) is 4.02. The molecule has 0 amide bonds. The minimum Gasteiger partial charge on any atom is -0.327 e. The molecule has 0 spiro atoms. The Balaban J connectivity index is 2.33. The molecule has 1 atom stereocenters. The van der Waals surface area contributed by atoms with E-state index in [2.05, 4.69) is 22.1 Å². The fourth-order valence-corrected chi connectivity index (χ4v) is 1.31. The Kier molecular flexibility index (Phi) is 2.41. The molecule has 0 aliphatic heterocycles. The normalized spacial score (nSPS) is 13.3. The third-order valence-corrected chi connectivity index (χ3v) is 2.25.